The van der Waals surface area contributed by atoms with Crippen LogP contribution in [0.25, 0.3) is 0 Å². The molecule has 3 rings (SSSR count). The standard InChI is InChI=1S/C20H28N4S2/c1-16(19-4-3-11-26-19)14-22-20(21-2)23-15-17-5-7-18(8-6-17)24-9-12-25-13-10-24/h3-8,11,16H,9-10,12-15H2,1-2H3,(H2,21,22,23). The summed E-state index contributed by atoms with van der Waals surface area (Å²) in [6.45, 7) is 6.21. The molecule has 0 aliphatic carbocycles. The average molecular weight is 389 g/mol. The number of thiophene rings is 1. The number of rotatable bonds is 6. The van der Waals surface area contributed by atoms with Crippen molar-refractivity contribution < 1.29 is 0 Å². The van der Waals surface area contributed by atoms with E-state index in [1.165, 1.54) is 27.6 Å². The fraction of sp³-hybridized carbons (Fsp3) is 0.450. The van der Waals surface area contributed by atoms with Crippen molar-refractivity contribution in [2.75, 3.05) is 43.1 Å². The molecular formula is C20H28N4S2. The summed E-state index contributed by atoms with van der Waals surface area (Å²) in [6, 6.07) is 13.2. The number of anilines is 1. The van der Waals surface area contributed by atoms with E-state index in [1.807, 2.05) is 30.1 Å². The SMILES string of the molecule is CN=C(NCc1ccc(N2CCSCC2)cc1)NCC(C)c1cccs1. The van der Waals surface area contributed by atoms with E-state index in [1.54, 1.807) is 0 Å². The molecule has 1 aliphatic rings. The summed E-state index contributed by atoms with van der Waals surface area (Å²) < 4.78 is 0. The number of nitrogens with one attached hydrogen (secondary N) is 2. The minimum absolute atomic E-state index is 0.482. The Hall–Kier alpha value is -1.66. The van der Waals surface area contributed by atoms with Crippen molar-refractivity contribution in [1.82, 2.24) is 10.6 Å². The van der Waals surface area contributed by atoms with Crippen molar-refractivity contribution in [2.45, 2.75) is 19.4 Å². The Labute approximate surface area is 165 Å². The van der Waals surface area contributed by atoms with Crippen LogP contribution in [-0.4, -0.2) is 44.1 Å². The van der Waals surface area contributed by atoms with Gasteiger partial charge in [-0.3, -0.25) is 4.99 Å². The lowest BCUT2D eigenvalue weighted by molar-refractivity contribution is 0.708. The smallest absolute Gasteiger partial charge is 0.191 e. The second-order valence-electron chi connectivity index (χ2n) is 6.49. The summed E-state index contributed by atoms with van der Waals surface area (Å²) >= 11 is 3.85. The Balaban J connectivity index is 1.46. The van der Waals surface area contributed by atoms with Crippen LogP contribution in [0.4, 0.5) is 5.69 Å². The number of benzene rings is 1. The molecule has 1 fully saturated rings. The van der Waals surface area contributed by atoms with Gasteiger partial charge in [-0.2, -0.15) is 11.8 Å². The monoisotopic (exact) mass is 388 g/mol. The van der Waals surface area contributed by atoms with Gasteiger partial charge in [0.15, 0.2) is 5.96 Å². The van der Waals surface area contributed by atoms with Crippen LogP contribution in [0.3, 0.4) is 0 Å². The molecule has 1 aliphatic heterocycles. The number of thioether (sulfide) groups is 1. The van der Waals surface area contributed by atoms with Crippen molar-refractivity contribution in [3.63, 3.8) is 0 Å². The minimum Gasteiger partial charge on any atom is -0.370 e. The van der Waals surface area contributed by atoms with E-state index in [0.29, 0.717) is 5.92 Å². The zero-order valence-electron chi connectivity index (χ0n) is 15.6. The van der Waals surface area contributed by atoms with Crippen molar-refractivity contribution in [1.29, 1.82) is 0 Å². The fourth-order valence-corrected chi connectivity index (χ4v) is 4.66. The second-order valence-corrected chi connectivity index (χ2v) is 8.69. The van der Waals surface area contributed by atoms with Crippen LogP contribution in [-0.2, 0) is 6.54 Å². The molecule has 0 saturated carbocycles. The molecule has 140 valence electrons. The number of hydrogen-bond acceptors (Lipinski definition) is 4. The number of hydrogen-bond donors (Lipinski definition) is 2. The van der Waals surface area contributed by atoms with Gasteiger partial charge in [0, 0.05) is 61.2 Å². The van der Waals surface area contributed by atoms with E-state index in [-0.39, 0.29) is 0 Å². The molecule has 2 N–H and O–H groups in total. The first-order chi connectivity index (χ1) is 12.8. The molecule has 6 heteroatoms. The summed E-state index contributed by atoms with van der Waals surface area (Å²) in [4.78, 5) is 8.21. The van der Waals surface area contributed by atoms with Crippen LogP contribution < -0.4 is 15.5 Å². The average Bonchev–Trinajstić information content (AvgIpc) is 3.24. The molecular weight excluding hydrogens is 360 g/mol. The third-order valence-electron chi connectivity index (χ3n) is 4.60. The Morgan fingerprint density at radius 1 is 1.15 bits per heavy atom. The lowest BCUT2D eigenvalue weighted by Gasteiger charge is -2.28. The molecule has 1 unspecified atom stereocenters. The first kappa shape index (κ1) is 19.1. The van der Waals surface area contributed by atoms with Crippen LogP contribution in [0.1, 0.15) is 23.3 Å². The summed E-state index contributed by atoms with van der Waals surface area (Å²) in [7, 11) is 1.82. The highest BCUT2D eigenvalue weighted by atomic mass is 32.2. The Bertz CT molecular complexity index is 676. The molecule has 1 aromatic heterocycles. The quantitative estimate of drug-likeness (QED) is 0.584. The van der Waals surface area contributed by atoms with Crippen LogP contribution in [0.5, 0.6) is 0 Å². The van der Waals surface area contributed by atoms with Gasteiger partial charge in [-0.1, -0.05) is 25.1 Å². The van der Waals surface area contributed by atoms with Gasteiger partial charge in [0.1, 0.15) is 0 Å². The van der Waals surface area contributed by atoms with Gasteiger partial charge in [-0.15, -0.1) is 11.3 Å². The highest BCUT2D eigenvalue weighted by Crippen LogP contribution is 2.20. The summed E-state index contributed by atoms with van der Waals surface area (Å²) in [5.74, 6) is 3.80. The zero-order valence-corrected chi connectivity index (χ0v) is 17.2. The van der Waals surface area contributed by atoms with Gasteiger partial charge in [0.2, 0.25) is 0 Å². The van der Waals surface area contributed by atoms with E-state index < -0.39 is 0 Å². The number of aliphatic imine (C=N–C) groups is 1. The van der Waals surface area contributed by atoms with Gasteiger partial charge in [0.05, 0.1) is 0 Å². The van der Waals surface area contributed by atoms with Crippen LogP contribution in [0, 0.1) is 0 Å². The van der Waals surface area contributed by atoms with E-state index in [4.69, 9.17) is 0 Å². The van der Waals surface area contributed by atoms with Gasteiger partial charge < -0.3 is 15.5 Å². The van der Waals surface area contributed by atoms with E-state index in [9.17, 15) is 0 Å². The first-order valence-corrected chi connectivity index (χ1v) is 11.2. The first-order valence-electron chi connectivity index (χ1n) is 9.16. The predicted molar refractivity (Wildman–Crippen MR) is 117 cm³/mol. The lowest BCUT2D eigenvalue weighted by Crippen LogP contribution is -2.38. The summed E-state index contributed by atoms with van der Waals surface area (Å²) in [6.07, 6.45) is 0. The molecule has 2 heterocycles. The second kappa shape index (κ2) is 9.88. The molecule has 0 amide bonds. The number of nitrogens with zero attached hydrogens (tertiary/aromatic N) is 2. The van der Waals surface area contributed by atoms with Crippen molar-refractivity contribution in [3.05, 3.63) is 52.2 Å². The molecule has 26 heavy (non-hydrogen) atoms. The molecule has 1 atom stereocenters. The molecule has 2 aromatic rings. The third-order valence-corrected chi connectivity index (χ3v) is 6.65. The van der Waals surface area contributed by atoms with Gasteiger partial charge in [-0.05, 0) is 29.1 Å². The van der Waals surface area contributed by atoms with Gasteiger partial charge in [0.25, 0.3) is 0 Å². The van der Waals surface area contributed by atoms with E-state index in [2.05, 4.69) is 69.2 Å². The van der Waals surface area contributed by atoms with Crippen molar-refractivity contribution in [3.8, 4) is 0 Å². The molecule has 0 bridgehead atoms. The molecule has 4 nitrogen and oxygen atoms in total. The van der Waals surface area contributed by atoms with E-state index in [0.717, 1.165) is 32.1 Å². The largest absolute Gasteiger partial charge is 0.370 e. The highest BCUT2D eigenvalue weighted by molar-refractivity contribution is 7.99. The fourth-order valence-electron chi connectivity index (χ4n) is 2.97. The van der Waals surface area contributed by atoms with Crippen LogP contribution in [0.2, 0.25) is 0 Å². The number of guanidine groups is 1. The minimum atomic E-state index is 0.482. The van der Waals surface area contributed by atoms with Crippen molar-refractivity contribution >= 4 is 34.7 Å². The molecule has 1 aromatic carbocycles. The maximum Gasteiger partial charge on any atom is 0.191 e. The Morgan fingerprint density at radius 2 is 1.92 bits per heavy atom. The van der Waals surface area contributed by atoms with Crippen LogP contribution >= 0.6 is 23.1 Å². The normalized spacial score (nSPS) is 16.4. The highest BCUT2D eigenvalue weighted by Gasteiger charge is 2.11. The predicted octanol–water partition coefficient (Wildman–Crippen LogP) is 3.77. The molecule has 0 radical (unpaired) electrons. The summed E-state index contributed by atoms with van der Waals surface area (Å²) in [5.41, 5.74) is 2.61. The van der Waals surface area contributed by atoms with Gasteiger partial charge in [-0.25, -0.2) is 0 Å². The molecule has 0 spiro atoms. The van der Waals surface area contributed by atoms with E-state index >= 15 is 0 Å². The Kier molecular flexibility index (Phi) is 7.26. The maximum atomic E-state index is 4.33. The lowest BCUT2D eigenvalue weighted by atomic mass is 10.1. The third kappa shape index (κ3) is 5.42. The zero-order chi connectivity index (χ0) is 18.2. The topological polar surface area (TPSA) is 39.7 Å². The summed E-state index contributed by atoms with van der Waals surface area (Å²) in [5, 5.41) is 8.97. The van der Waals surface area contributed by atoms with Crippen LogP contribution in [0.15, 0.2) is 46.8 Å². The maximum absolute atomic E-state index is 4.33. The molecule has 1 saturated heterocycles. The van der Waals surface area contributed by atoms with Crippen molar-refractivity contribution in [2.24, 2.45) is 4.99 Å². The Morgan fingerprint density at radius 3 is 2.58 bits per heavy atom. The van der Waals surface area contributed by atoms with Gasteiger partial charge >= 0.3 is 0 Å².